The number of hydrogen-bond acceptors (Lipinski definition) is 4. The second-order valence-electron chi connectivity index (χ2n) is 11.1. The number of rotatable bonds is 7. The van der Waals surface area contributed by atoms with Gasteiger partial charge >= 0.3 is 0 Å². The van der Waals surface area contributed by atoms with E-state index in [9.17, 15) is 4.79 Å². The number of aryl methyl sites for hydroxylation is 1. The number of amides is 1. The van der Waals surface area contributed by atoms with Crippen LogP contribution in [0.25, 0.3) is 10.9 Å². The Kier molecular flexibility index (Phi) is 7.29. The molecule has 6 nitrogen and oxygen atoms in total. The van der Waals surface area contributed by atoms with E-state index in [1.807, 2.05) is 24.3 Å². The summed E-state index contributed by atoms with van der Waals surface area (Å²) in [5, 5.41) is 7.76. The van der Waals surface area contributed by atoms with E-state index in [-0.39, 0.29) is 11.9 Å². The van der Waals surface area contributed by atoms with Crippen molar-refractivity contribution in [2.45, 2.75) is 58.2 Å². The molecule has 1 fully saturated rings. The summed E-state index contributed by atoms with van der Waals surface area (Å²) in [5.74, 6) is 0.872. The Bertz CT molecular complexity index is 1450. The molecule has 4 aromatic rings. The summed E-state index contributed by atoms with van der Waals surface area (Å²) in [5.41, 5.74) is 6.32. The number of aromatic nitrogens is 1. The molecule has 0 radical (unpaired) electrons. The molecule has 0 saturated carbocycles. The third-order valence-electron chi connectivity index (χ3n) is 7.94. The van der Waals surface area contributed by atoms with Crippen molar-refractivity contribution >= 4 is 28.2 Å². The van der Waals surface area contributed by atoms with Crippen LogP contribution in [0.1, 0.15) is 60.8 Å². The minimum Gasteiger partial charge on any atom is -0.490 e. The summed E-state index contributed by atoms with van der Waals surface area (Å²) >= 11 is 0. The molecule has 3 aromatic carbocycles. The molecule has 6 heteroatoms. The topological polar surface area (TPSA) is 58.5 Å². The van der Waals surface area contributed by atoms with Crippen LogP contribution in [-0.4, -0.2) is 36.2 Å². The summed E-state index contributed by atoms with van der Waals surface area (Å²) in [6, 6.07) is 25.2. The number of anilines is 2. The smallest absolute Gasteiger partial charge is 0.272 e. The molecule has 2 aliphatic rings. The third-order valence-corrected chi connectivity index (χ3v) is 7.94. The minimum atomic E-state index is -0.0711. The van der Waals surface area contributed by atoms with Crippen LogP contribution in [0.4, 0.5) is 11.4 Å². The molecule has 2 aliphatic heterocycles. The van der Waals surface area contributed by atoms with E-state index in [1.54, 1.807) is 0 Å². The van der Waals surface area contributed by atoms with Gasteiger partial charge in [0, 0.05) is 30.0 Å². The van der Waals surface area contributed by atoms with Crippen molar-refractivity contribution in [2.24, 2.45) is 0 Å². The fraction of sp³-hybridized carbons (Fsp3) is 0.364. The van der Waals surface area contributed by atoms with Gasteiger partial charge in [-0.05, 0) is 94.1 Å². The molecule has 0 atom stereocenters. The first-order valence-electron chi connectivity index (χ1n) is 14.3. The Balaban J connectivity index is 1.23. The lowest BCUT2D eigenvalue weighted by Crippen LogP contribution is -2.34. The van der Waals surface area contributed by atoms with Crippen molar-refractivity contribution in [3.8, 4) is 5.75 Å². The van der Waals surface area contributed by atoms with E-state index in [1.165, 1.54) is 11.1 Å². The largest absolute Gasteiger partial charge is 0.490 e. The van der Waals surface area contributed by atoms with E-state index >= 15 is 0 Å². The Morgan fingerprint density at radius 1 is 1.03 bits per heavy atom. The molecule has 39 heavy (non-hydrogen) atoms. The maximum absolute atomic E-state index is 13.7. The van der Waals surface area contributed by atoms with E-state index in [2.05, 4.69) is 82.5 Å². The van der Waals surface area contributed by atoms with Crippen LogP contribution in [-0.2, 0) is 13.0 Å². The monoisotopic (exact) mass is 522 g/mol. The number of fused-ring (bicyclic) bond motifs is 2. The van der Waals surface area contributed by atoms with Crippen molar-refractivity contribution in [1.82, 2.24) is 9.88 Å². The summed E-state index contributed by atoms with van der Waals surface area (Å²) in [6.45, 7) is 8.04. The standard InChI is InChI=1S/C33H38N4O2/c1-23(2)37-30-11-4-3-7-26(30)21-31(37)33(38)35-29-10-5-8-25-9-6-20-36(32(25)29)22-24-12-14-27(15-13-24)39-28-16-18-34-19-17-28/h3-5,7-8,10-15,21,23,28,34H,6,9,16-20,22H2,1-2H3,(H,35,38). The molecule has 202 valence electrons. The molecule has 0 aliphatic carbocycles. The predicted molar refractivity (Wildman–Crippen MR) is 159 cm³/mol. The second kappa shape index (κ2) is 11.1. The van der Waals surface area contributed by atoms with Crippen LogP contribution in [0.5, 0.6) is 5.75 Å². The first-order chi connectivity index (χ1) is 19.1. The number of carbonyl (C=O) groups excluding carboxylic acids is 1. The Labute approximate surface area is 231 Å². The molecule has 1 saturated heterocycles. The average Bonchev–Trinajstić information content (AvgIpc) is 3.35. The van der Waals surface area contributed by atoms with Gasteiger partial charge in [0.05, 0.1) is 11.4 Å². The van der Waals surface area contributed by atoms with Crippen molar-refractivity contribution in [1.29, 1.82) is 0 Å². The molecular weight excluding hydrogens is 484 g/mol. The van der Waals surface area contributed by atoms with Crippen LogP contribution >= 0.6 is 0 Å². The van der Waals surface area contributed by atoms with Crippen molar-refractivity contribution in [2.75, 3.05) is 29.9 Å². The SMILES string of the molecule is CC(C)n1c(C(=O)Nc2cccc3c2N(Cc2ccc(OC4CCNCC4)cc2)CCC3)cc2ccccc21. The maximum atomic E-state index is 13.7. The molecule has 6 rings (SSSR count). The highest BCUT2D eigenvalue weighted by Gasteiger charge is 2.24. The first kappa shape index (κ1) is 25.5. The number of ether oxygens (including phenoxy) is 1. The number of nitrogens with one attached hydrogen (secondary N) is 2. The van der Waals surface area contributed by atoms with Gasteiger partial charge in [0.15, 0.2) is 0 Å². The highest BCUT2D eigenvalue weighted by Crippen LogP contribution is 2.36. The highest BCUT2D eigenvalue weighted by atomic mass is 16.5. The number of carbonyl (C=O) groups is 1. The first-order valence-corrected chi connectivity index (χ1v) is 14.3. The van der Waals surface area contributed by atoms with Gasteiger partial charge in [-0.15, -0.1) is 0 Å². The van der Waals surface area contributed by atoms with Gasteiger partial charge in [-0.2, -0.15) is 0 Å². The molecule has 2 N–H and O–H groups in total. The number of benzene rings is 3. The Morgan fingerprint density at radius 2 is 1.82 bits per heavy atom. The lowest BCUT2D eigenvalue weighted by Gasteiger charge is -2.33. The molecule has 1 amide bonds. The fourth-order valence-electron chi connectivity index (χ4n) is 6.09. The molecule has 3 heterocycles. The minimum absolute atomic E-state index is 0.0711. The highest BCUT2D eigenvalue weighted by molar-refractivity contribution is 6.08. The number of para-hydroxylation sites is 2. The van der Waals surface area contributed by atoms with Crippen LogP contribution < -0.4 is 20.3 Å². The van der Waals surface area contributed by atoms with Crippen molar-refractivity contribution in [3.05, 3.63) is 89.6 Å². The quantitative estimate of drug-likeness (QED) is 0.289. The Hall–Kier alpha value is -3.77. The zero-order valence-corrected chi connectivity index (χ0v) is 23.0. The van der Waals surface area contributed by atoms with Crippen molar-refractivity contribution < 1.29 is 9.53 Å². The number of nitrogens with zero attached hydrogens (tertiary/aromatic N) is 2. The van der Waals surface area contributed by atoms with E-state index < -0.39 is 0 Å². The van der Waals surface area contributed by atoms with Gasteiger partial charge in [-0.3, -0.25) is 4.79 Å². The zero-order chi connectivity index (χ0) is 26.8. The van der Waals surface area contributed by atoms with E-state index in [4.69, 9.17) is 4.74 Å². The molecule has 0 bridgehead atoms. The van der Waals surface area contributed by atoms with Gasteiger partial charge < -0.3 is 24.8 Å². The molecule has 0 unspecified atom stereocenters. The van der Waals surface area contributed by atoms with Crippen LogP contribution in [0, 0.1) is 0 Å². The summed E-state index contributed by atoms with van der Waals surface area (Å²) in [6.07, 6.45) is 4.53. The van der Waals surface area contributed by atoms with E-state index in [0.29, 0.717) is 11.8 Å². The zero-order valence-electron chi connectivity index (χ0n) is 23.0. The van der Waals surface area contributed by atoms with Crippen LogP contribution in [0.2, 0.25) is 0 Å². The van der Waals surface area contributed by atoms with Crippen LogP contribution in [0.3, 0.4) is 0 Å². The number of piperidine rings is 1. The second-order valence-corrected chi connectivity index (χ2v) is 11.1. The predicted octanol–water partition coefficient (Wildman–Crippen LogP) is 6.56. The maximum Gasteiger partial charge on any atom is 0.272 e. The molecular formula is C33H38N4O2. The fourth-order valence-corrected chi connectivity index (χ4v) is 6.09. The van der Waals surface area contributed by atoms with Crippen molar-refractivity contribution in [3.63, 3.8) is 0 Å². The normalized spacial score (nSPS) is 15.9. The molecule has 1 aromatic heterocycles. The lowest BCUT2D eigenvalue weighted by molar-refractivity contribution is 0.101. The van der Waals surface area contributed by atoms with Gasteiger partial charge in [0.2, 0.25) is 0 Å². The Morgan fingerprint density at radius 3 is 2.62 bits per heavy atom. The summed E-state index contributed by atoms with van der Waals surface area (Å²) < 4.78 is 8.34. The number of hydrogen-bond donors (Lipinski definition) is 2. The lowest BCUT2D eigenvalue weighted by atomic mass is 9.99. The van der Waals surface area contributed by atoms with Gasteiger partial charge in [-0.1, -0.05) is 42.5 Å². The third kappa shape index (κ3) is 5.39. The van der Waals surface area contributed by atoms with E-state index in [0.717, 1.165) is 79.9 Å². The van der Waals surface area contributed by atoms with Gasteiger partial charge in [-0.25, -0.2) is 0 Å². The van der Waals surface area contributed by atoms with Crippen LogP contribution in [0.15, 0.2) is 72.8 Å². The summed E-state index contributed by atoms with van der Waals surface area (Å²) in [7, 11) is 0. The van der Waals surface area contributed by atoms with Gasteiger partial charge in [0.1, 0.15) is 17.5 Å². The summed E-state index contributed by atoms with van der Waals surface area (Å²) in [4.78, 5) is 16.1. The molecule has 0 spiro atoms. The average molecular weight is 523 g/mol. The van der Waals surface area contributed by atoms with Gasteiger partial charge in [0.25, 0.3) is 5.91 Å².